The van der Waals surface area contributed by atoms with Gasteiger partial charge in [-0.25, -0.2) is 10.8 Å². The summed E-state index contributed by atoms with van der Waals surface area (Å²) >= 11 is 0. The Bertz CT molecular complexity index is 1200. The third-order valence-corrected chi connectivity index (χ3v) is 4.80. The Hall–Kier alpha value is -4.04. The minimum Gasteiger partial charge on any atom is -0.365 e. The standard InChI is InChI=1S/C22H22N8/c1-14-10-17(6-8-25-14)16-4-2-15(3-5-16)12-28-21-19-13-27-20(22(29-23)30-24)11-18(19)7-9-26-21/h2-11,13H,12,23-24H2,1H3,(H,26,28)(H,29,30). The molecule has 0 aliphatic carbocycles. The summed E-state index contributed by atoms with van der Waals surface area (Å²) in [5, 5.41) is 8.85. The number of hydrogen-bond acceptors (Lipinski definition) is 7. The van der Waals surface area contributed by atoms with Crippen molar-refractivity contribution in [3.05, 3.63) is 84.1 Å². The lowest BCUT2D eigenvalue weighted by molar-refractivity contribution is 0.993. The zero-order valence-electron chi connectivity index (χ0n) is 16.5. The molecule has 150 valence electrons. The van der Waals surface area contributed by atoms with Gasteiger partial charge in [0.2, 0.25) is 0 Å². The number of aryl methyl sites for hydroxylation is 1. The molecule has 6 N–H and O–H groups in total. The molecule has 8 heteroatoms. The summed E-state index contributed by atoms with van der Waals surface area (Å²) in [4.78, 5) is 13.1. The van der Waals surface area contributed by atoms with Crippen molar-refractivity contribution in [1.29, 1.82) is 0 Å². The minimum absolute atomic E-state index is 0.313. The number of hydrazine groups is 1. The second kappa shape index (κ2) is 8.54. The number of amidine groups is 1. The Balaban J connectivity index is 1.52. The maximum Gasteiger partial charge on any atom is 0.185 e. The highest BCUT2D eigenvalue weighted by atomic mass is 15.3. The van der Waals surface area contributed by atoms with Crippen LogP contribution in [0.3, 0.4) is 0 Å². The van der Waals surface area contributed by atoms with Crippen LogP contribution in [-0.2, 0) is 6.54 Å². The Morgan fingerprint density at radius 1 is 0.967 bits per heavy atom. The van der Waals surface area contributed by atoms with E-state index < -0.39 is 0 Å². The molecule has 0 saturated heterocycles. The average molecular weight is 398 g/mol. The number of hydrazone groups is 1. The van der Waals surface area contributed by atoms with Crippen LogP contribution in [0.15, 0.2) is 72.2 Å². The molecule has 0 fully saturated rings. The number of pyridine rings is 3. The van der Waals surface area contributed by atoms with E-state index in [-0.39, 0.29) is 0 Å². The predicted octanol–water partition coefficient (Wildman–Crippen LogP) is 2.70. The molecule has 4 rings (SSSR count). The maximum absolute atomic E-state index is 5.43. The molecule has 8 nitrogen and oxygen atoms in total. The Labute approximate surface area is 174 Å². The second-order valence-corrected chi connectivity index (χ2v) is 6.81. The van der Waals surface area contributed by atoms with Crippen molar-refractivity contribution in [2.75, 3.05) is 5.32 Å². The summed E-state index contributed by atoms with van der Waals surface area (Å²) in [7, 11) is 0. The zero-order chi connectivity index (χ0) is 20.9. The van der Waals surface area contributed by atoms with E-state index in [1.54, 1.807) is 12.4 Å². The number of fused-ring (bicyclic) bond motifs is 1. The van der Waals surface area contributed by atoms with E-state index in [1.165, 1.54) is 0 Å². The SMILES string of the molecule is Cc1cc(-c2ccc(CNc3nccc4cc(/C(=N/N)NN)ncc34)cc2)ccn1. The summed E-state index contributed by atoms with van der Waals surface area (Å²) in [6, 6.07) is 16.3. The highest BCUT2D eigenvalue weighted by Gasteiger charge is 2.08. The fourth-order valence-electron chi connectivity index (χ4n) is 3.24. The lowest BCUT2D eigenvalue weighted by atomic mass is 10.0. The van der Waals surface area contributed by atoms with Crippen LogP contribution in [-0.4, -0.2) is 20.8 Å². The van der Waals surface area contributed by atoms with Gasteiger partial charge in [0, 0.05) is 36.2 Å². The van der Waals surface area contributed by atoms with Crippen LogP contribution in [0.5, 0.6) is 0 Å². The molecule has 0 bridgehead atoms. The van der Waals surface area contributed by atoms with E-state index in [1.807, 2.05) is 31.3 Å². The predicted molar refractivity (Wildman–Crippen MR) is 119 cm³/mol. The Kier molecular flexibility index (Phi) is 5.49. The molecule has 0 amide bonds. The van der Waals surface area contributed by atoms with E-state index >= 15 is 0 Å². The lowest BCUT2D eigenvalue weighted by Crippen LogP contribution is -2.32. The molecular weight excluding hydrogens is 376 g/mol. The monoisotopic (exact) mass is 398 g/mol. The largest absolute Gasteiger partial charge is 0.365 e. The number of nitrogens with one attached hydrogen (secondary N) is 2. The molecule has 30 heavy (non-hydrogen) atoms. The van der Waals surface area contributed by atoms with Crippen LogP contribution in [0, 0.1) is 6.92 Å². The normalized spacial score (nSPS) is 11.5. The van der Waals surface area contributed by atoms with Gasteiger partial charge in [0.05, 0.1) is 0 Å². The molecule has 0 aliphatic rings. The van der Waals surface area contributed by atoms with Gasteiger partial charge in [-0.2, -0.15) is 5.10 Å². The van der Waals surface area contributed by atoms with Crippen molar-refractivity contribution < 1.29 is 0 Å². The van der Waals surface area contributed by atoms with Crippen LogP contribution < -0.4 is 22.4 Å². The van der Waals surface area contributed by atoms with Crippen molar-refractivity contribution in [3.8, 4) is 11.1 Å². The first kappa shape index (κ1) is 19.3. The fraction of sp³-hybridized carbons (Fsp3) is 0.0909. The molecule has 0 aliphatic heterocycles. The molecule has 3 aromatic heterocycles. The zero-order valence-corrected chi connectivity index (χ0v) is 16.5. The van der Waals surface area contributed by atoms with Crippen LogP contribution in [0.2, 0.25) is 0 Å². The van der Waals surface area contributed by atoms with E-state index in [0.717, 1.165) is 39.0 Å². The first-order chi connectivity index (χ1) is 14.7. The minimum atomic E-state index is 0.313. The lowest BCUT2D eigenvalue weighted by Gasteiger charge is -2.11. The number of hydrogen-bond donors (Lipinski definition) is 4. The van der Waals surface area contributed by atoms with E-state index in [2.05, 4.69) is 61.1 Å². The van der Waals surface area contributed by atoms with Gasteiger partial charge in [-0.15, -0.1) is 0 Å². The van der Waals surface area contributed by atoms with Crippen molar-refractivity contribution in [1.82, 2.24) is 20.4 Å². The van der Waals surface area contributed by atoms with Crippen molar-refractivity contribution in [2.45, 2.75) is 13.5 Å². The molecular formula is C22H22N8. The van der Waals surface area contributed by atoms with Gasteiger partial charge >= 0.3 is 0 Å². The van der Waals surface area contributed by atoms with Crippen LogP contribution in [0.4, 0.5) is 5.82 Å². The summed E-state index contributed by atoms with van der Waals surface area (Å²) in [5.74, 6) is 11.8. The molecule has 0 atom stereocenters. The third-order valence-electron chi connectivity index (χ3n) is 4.80. The van der Waals surface area contributed by atoms with Gasteiger partial charge in [-0.1, -0.05) is 24.3 Å². The number of anilines is 1. The molecule has 0 unspecified atom stereocenters. The second-order valence-electron chi connectivity index (χ2n) is 6.81. The Morgan fingerprint density at radius 2 is 1.77 bits per heavy atom. The molecule has 4 aromatic rings. The molecule has 0 saturated carbocycles. The molecule has 1 aromatic carbocycles. The quantitative estimate of drug-likeness (QED) is 0.176. The van der Waals surface area contributed by atoms with Crippen molar-refractivity contribution in [2.24, 2.45) is 16.8 Å². The Morgan fingerprint density at radius 3 is 2.50 bits per heavy atom. The van der Waals surface area contributed by atoms with E-state index in [9.17, 15) is 0 Å². The smallest absolute Gasteiger partial charge is 0.185 e. The number of aromatic nitrogens is 3. The maximum atomic E-state index is 5.43. The van der Waals surface area contributed by atoms with Crippen LogP contribution in [0.1, 0.15) is 17.0 Å². The van der Waals surface area contributed by atoms with Gasteiger partial charge in [0.25, 0.3) is 0 Å². The summed E-state index contributed by atoms with van der Waals surface area (Å²) in [6.07, 6.45) is 5.31. The van der Waals surface area contributed by atoms with Gasteiger partial charge in [-0.3, -0.25) is 9.97 Å². The third kappa shape index (κ3) is 4.03. The number of rotatable bonds is 5. The van der Waals surface area contributed by atoms with E-state index in [4.69, 9.17) is 11.7 Å². The van der Waals surface area contributed by atoms with Gasteiger partial charge in [-0.05, 0) is 53.3 Å². The van der Waals surface area contributed by atoms with Gasteiger partial charge in [0.15, 0.2) is 5.84 Å². The molecule has 3 heterocycles. The van der Waals surface area contributed by atoms with Crippen LogP contribution >= 0.6 is 0 Å². The molecule has 0 spiro atoms. The summed E-state index contributed by atoms with van der Waals surface area (Å²) in [6.45, 7) is 2.64. The van der Waals surface area contributed by atoms with Gasteiger partial charge < -0.3 is 16.6 Å². The van der Waals surface area contributed by atoms with E-state index in [0.29, 0.717) is 18.1 Å². The average Bonchev–Trinajstić information content (AvgIpc) is 2.78. The highest BCUT2D eigenvalue weighted by Crippen LogP contribution is 2.23. The topological polar surface area (TPSA) is 127 Å². The highest BCUT2D eigenvalue weighted by molar-refractivity contribution is 6.01. The molecule has 0 radical (unpaired) electrons. The number of nitrogens with zero attached hydrogens (tertiary/aromatic N) is 4. The number of nitrogens with two attached hydrogens (primary N) is 2. The summed E-state index contributed by atoms with van der Waals surface area (Å²) in [5.41, 5.74) is 7.48. The first-order valence-corrected chi connectivity index (χ1v) is 9.43. The van der Waals surface area contributed by atoms with Crippen LogP contribution in [0.25, 0.3) is 21.9 Å². The van der Waals surface area contributed by atoms with Gasteiger partial charge in [0.1, 0.15) is 11.5 Å². The van der Waals surface area contributed by atoms with Crippen molar-refractivity contribution in [3.63, 3.8) is 0 Å². The fourth-order valence-corrected chi connectivity index (χ4v) is 3.24. The van der Waals surface area contributed by atoms with Crippen molar-refractivity contribution >= 4 is 22.4 Å². The summed E-state index contributed by atoms with van der Waals surface area (Å²) < 4.78 is 0. The first-order valence-electron chi connectivity index (χ1n) is 9.43. The number of benzene rings is 1.